The van der Waals surface area contributed by atoms with Gasteiger partial charge in [0.2, 0.25) is 0 Å². The Bertz CT molecular complexity index is 445. The Hall–Kier alpha value is -0.870. The quantitative estimate of drug-likeness (QED) is 0.862. The first-order valence-corrected chi connectivity index (χ1v) is 7.26. The fourth-order valence-electron chi connectivity index (χ4n) is 2.20. The molecule has 19 heavy (non-hydrogen) atoms. The van der Waals surface area contributed by atoms with Gasteiger partial charge in [-0.15, -0.1) is 0 Å². The number of hydrogen-bond acceptors (Lipinski definition) is 4. The smallest absolute Gasteiger partial charge is 0.137 e. The van der Waals surface area contributed by atoms with Crippen molar-refractivity contribution >= 4 is 17.4 Å². The monoisotopic (exact) mass is 283 g/mol. The third-order valence-corrected chi connectivity index (χ3v) is 4.20. The van der Waals surface area contributed by atoms with E-state index in [1.807, 2.05) is 13.8 Å². The Morgan fingerprint density at radius 3 is 2.63 bits per heavy atom. The van der Waals surface area contributed by atoms with Crippen molar-refractivity contribution in [2.75, 3.05) is 25.1 Å². The number of nitrogens with zero attached hydrogens (tertiary/aromatic N) is 2. The van der Waals surface area contributed by atoms with Crippen molar-refractivity contribution in [3.63, 3.8) is 0 Å². The van der Waals surface area contributed by atoms with E-state index in [1.165, 1.54) is 0 Å². The summed E-state index contributed by atoms with van der Waals surface area (Å²) in [6.07, 6.45) is 2.96. The van der Waals surface area contributed by atoms with Crippen molar-refractivity contribution in [1.82, 2.24) is 9.97 Å². The van der Waals surface area contributed by atoms with Gasteiger partial charge in [-0.3, -0.25) is 0 Å². The van der Waals surface area contributed by atoms with Gasteiger partial charge in [0.15, 0.2) is 0 Å². The normalized spacial score (nSPS) is 18.3. The highest BCUT2D eigenvalue weighted by Gasteiger charge is 2.27. The van der Waals surface area contributed by atoms with Gasteiger partial charge in [-0.05, 0) is 25.2 Å². The second-order valence-corrected chi connectivity index (χ2v) is 5.89. The first-order chi connectivity index (χ1) is 9.04. The van der Waals surface area contributed by atoms with E-state index >= 15 is 0 Å². The molecule has 0 unspecified atom stereocenters. The molecule has 1 aliphatic heterocycles. The Morgan fingerprint density at radius 2 is 2.00 bits per heavy atom. The van der Waals surface area contributed by atoms with Crippen LogP contribution in [0.4, 0.5) is 5.82 Å². The molecule has 4 nitrogen and oxygen atoms in total. The summed E-state index contributed by atoms with van der Waals surface area (Å²) in [4.78, 5) is 8.79. The molecular formula is C14H22ClN3O. The van der Waals surface area contributed by atoms with Crippen LogP contribution in [-0.4, -0.2) is 29.7 Å². The van der Waals surface area contributed by atoms with Gasteiger partial charge in [-0.1, -0.05) is 25.4 Å². The molecule has 1 aromatic heterocycles. The third kappa shape index (κ3) is 3.57. The predicted octanol–water partition coefficient (Wildman–Crippen LogP) is 3.23. The Labute approximate surface area is 119 Å². The van der Waals surface area contributed by atoms with Crippen LogP contribution in [-0.2, 0) is 11.2 Å². The second kappa shape index (κ2) is 6.06. The van der Waals surface area contributed by atoms with Crippen molar-refractivity contribution in [2.45, 2.75) is 40.0 Å². The molecule has 0 aliphatic carbocycles. The summed E-state index contributed by atoms with van der Waals surface area (Å²) in [6, 6.07) is 0. The SMILES string of the molecule is CCc1nc(Cl)c(C)c(NCC2(C)CCOCC2)n1. The first kappa shape index (κ1) is 14.5. The maximum Gasteiger partial charge on any atom is 0.137 e. The highest BCUT2D eigenvalue weighted by Crippen LogP contribution is 2.30. The van der Waals surface area contributed by atoms with Crippen molar-refractivity contribution in [1.29, 1.82) is 0 Å². The van der Waals surface area contributed by atoms with Crippen molar-refractivity contribution < 1.29 is 4.74 Å². The van der Waals surface area contributed by atoms with Gasteiger partial charge in [0.25, 0.3) is 0 Å². The van der Waals surface area contributed by atoms with Crippen LogP contribution in [0.25, 0.3) is 0 Å². The first-order valence-electron chi connectivity index (χ1n) is 6.89. The van der Waals surface area contributed by atoms with E-state index in [0.717, 1.165) is 56.2 Å². The number of anilines is 1. The van der Waals surface area contributed by atoms with Gasteiger partial charge >= 0.3 is 0 Å². The van der Waals surface area contributed by atoms with Gasteiger partial charge in [0.1, 0.15) is 16.8 Å². The van der Waals surface area contributed by atoms with Crippen LogP contribution in [0.2, 0.25) is 5.15 Å². The van der Waals surface area contributed by atoms with Crippen molar-refractivity contribution in [3.05, 3.63) is 16.5 Å². The molecule has 5 heteroatoms. The molecule has 1 saturated heterocycles. The number of ether oxygens (including phenoxy) is 1. The van der Waals surface area contributed by atoms with E-state index in [-0.39, 0.29) is 5.41 Å². The van der Waals surface area contributed by atoms with E-state index in [2.05, 4.69) is 22.2 Å². The summed E-state index contributed by atoms with van der Waals surface area (Å²) in [5.41, 5.74) is 1.20. The number of halogens is 1. The number of aromatic nitrogens is 2. The molecule has 0 aromatic carbocycles. The lowest BCUT2D eigenvalue weighted by molar-refractivity contribution is 0.0299. The van der Waals surface area contributed by atoms with Crippen LogP contribution >= 0.6 is 11.6 Å². The molecule has 2 heterocycles. The molecule has 106 valence electrons. The highest BCUT2D eigenvalue weighted by molar-refractivity contribution is 6.30. The lowest BCUT2D eigenvalue weighted by Crippen LogP contribution is -2.33. The molecule has 0 saturated carbocycles. The number of aryl methyl sites for hydroxylation is 1. The summed E-state index contributed by atoms with van der Waals surface area (Å²) in [5, 5.41) is 4.00. The Kier molecular flexibility index (Phi) is 4.63. The molecular weight excluding hydrogens is 262 g/mol. The molecule has 1 fully saturated rings. The summed E-state index contributed by atoms with van der Waals surface area (Å²) in [7, 11) is 0. The Morgan fingerprint density at radius 1 is 1.32 bits per heavy atom. The van der Waals surface area contributed by atoms with Crippen molar-refractivity contribution in [3.8, 4) is 0 Å². The van der Waals surface area contributed by atoms with Gasteiger partial charge < -0.3 is 10.1 Å². The molecule has 2 rings (SSSR count). The molecule has 1 N–H and O–H groups in total. The van der Waals surface area contributed by atoms with Gasteiger partial charge in [-0.25, -0.2) is 9.97 Å². The minimum atomic E-state index is 0.272. The van der Waals surface area contributed by atoms with Crippen molar-refractivity contribution in [2.24, 2.45) is 5.41 Å². The maximum absolute atomic E-state index is 6.14. The molecule has 0 atom stereocenters. The van der Waals surface area contributed by atoms with Crippen LogP contribution in [0.5, 0.6) is 0 Å². The molecule has 0 bridgehead atoms. The number of nitrogens with one attached hydrogen (secondary N) is 1. The zero-order valence-electron chi connectivity index (χ0n) is 11.9. The fraction of sp³-hybridized carbons (Fsp3) is 0.714. The third-order valence-electron chi connectivity index (χ3n) is 3.83. The van der Waals surface area contributed by atoms with E-state index in [1.54, 1.807) is 0 Å². The van der Waals surface area contributed by atoms with Crippen LogP contribution in [0.15, 0.2) is 0 Å². The van der Waals surface area contributed by atoms with Gasteiger partial charge in [0, 0.05) is 31.7 Å². The average molecular weight is 284 g/mol. The largest absolute Gasteiger partial charge is 0.381 e. The summed E-state index contributed by atoms with van der Waals surface area (Å²) in [6.45, 7) is 8.87. The molecule has 1 aromatic rings. The highest BCUT2D eigenvalue weighted by atomic mass is 35.5. The molecule has 0 radical (unpaired) electrons. The second-order valence-electron chi connectivity index (χ2n) is 5.53. The summed E-state index contributed by atoms with van der Waals surface area (Å²) < 4.78 is 5.42. The van der Waals surface area contributed by atoms with Gasteiger partial charge in [-0.2, -0.15) is 0 Å². The topological polar surface area (TPSA) is 47.0 Å². The summed E-state index contributed by atoms with van der Waals surface area (Å²) >= 11 is 6.14. The molecule has 0 amide bonds. The van der Waals surface area contributed by atoms with Gasteiger partial charge in [0.05, 0.1) is 0 Å². The molecule has 1 aliphatic rings. The minimum Gasteiger partial charge on any atom is -0.381 e. The van der Waals surface area contributed by atoms with E-state index < -0.39 is 0 Å². The summed E-state index contributed by atoms with van der Waals surface area (Å²) in [5.74, 6) is 1.65. The zero-order chi connectivity index (χ0) is 13.9. The van der Waals surface area contributed by atoms with E-state index in [0.29, 0.717) is 5.15 Å². The Balaban J connectivity index is 2.08. The lowest BCUT2D eigenvalue weighted by atomic mass is 9.82. The molecule has 0 spiro atoms. The van der Waals surface area contributed by atoms with Crippen LogP contribution < -0.4 is 5.32 Å². The number of rotatable bonds is 4. The standard InChI is InChI=1S/C14H22ClN3O/c1-4-11-17-12(15)10(2)13(18-11)16-9-14(3)5-7-19-8-6-14/h4-9H2,1-3H3,(H,16,17,18). The lowest BCUT2D eigenvalue weighted by Gasteiger charge is -2.34. The average Bonchev–Trinajstić information content (AvgIpc) is 2.41. The van der Waals surface area contributed by atoms with E-state index in [9.17, 15) is 0 Å². The van der Waals surface area contributed by atoms with E-state index in [4.69, 9.17) is 16.3 Å². The predicted molar refractivity (Wildman–Crippen MR) is 77.8 cm³/mol. The van der Waals surface area contributed by atoms with Crippen LogP contribution in [0.3, 0.4) is 0 Å². The fourth-order valence-corrected chi connectivity index (χ4v) is 2.39. The minimum absolute atomic E-state index is 0.272. The number of hydrogen-bond donors (Lipinski definition) is 1. The van der Waals surface area contributed by atoms with Crippen LogP contribution in [0.1, 0.15) is 38.1 Å². The van der Waals surface area contributed by atoms with Crippen LogP contribution in [0, 0.1) is 12.3 Å². The zero-order valence-corrected chi connectivity index (χ0v) is 12.7. The maximum atomic E-state index is 6.14.